The summed E-state index contributed by atoms with van der Waals surface area (Å²) in [5.74, 6) is 0.160. The predicted molar refractivity (Wildman–Crippen MR) is 63.1 cm³/mol. The Balaban J connectivity index is 2.45. The van der Waals surface area contributed by atoms with Crippen LogP contribution in [-0.4, -0.2) is 18.2 Å². The average molecular weight is 222 g/mol. The monoisotopic (exact) mass is 222 g/mol. The van der Waals surface area contributed by atoms with Crippen molar-refractivity contribution >= 4 is 23.4 Å². The second kappa shape index (κ2) is 3.87. The third kappa shape index (κ3) is 1.75. The minimum absolute atomic E-state index is 0.00414. The van der Waals surface area contributed by atoms with E-state index in [2.05, 4.69) is 6.07 Å². The van der Waals surface area contributed by atoms with E-state index in [0.29, 0.717) is 6.54 Å². The molecule has 1 heterocycles. The van der Waals surface area contributed by atoms with Gasteiger partial charge in [-0.15, -0.1) is 11.8 Å². The number of benzene rings is 1. The standard InChI is InChI=1S/C11H14N2OS/c1-7-11(14)13(2)9-4-3-8(6-12)5-10(9)15-7/h3-5,7H,6,12H2,1-2H3. The highest BCUT2D eigenvalue weighted by Gasteiger charge is 2.27. The van der Waals surface area contributed by atoms with Gasteiger partial charge in [-0.1, -0.05) is 6.07 Å². The van der Waals surface area contributed by atoms with E-state index in [4.69, 9.17) is 5.73 Å². The van der Waals surface area contributed by atoms with Gasteiger partial charge in [0.05, 0.1) is 10.9 Å². The number of amides is 1. The van der Waals surface area contributed by atoms with E-state index >= 15 is 0 Å². The highest BCUT2D eigenvalue weighted by molar-refractivity contribution is 8.00. The normalized spacial score (nSPS) is 20.3. The van der Waals surface area contributed by atoms with Crippen molar-refractivity contribution in [2.75, 3.05) is 11.9 Å². The molecule has 1 aromatic rings. The van der Waals surface area contributed by atoms with E-state index in [-0.39, 0.29) is 11.2 Å². The average Bonchev–Trinajstić information content (AvgIpc) is 2.25. The largest absolute Gasteiger partial charge is 0.326 e. The Morgan fingerprint density at radius 3 is 2.93 bits per heavy atom. The Hall–Kier alpha value is -1.00. The van der Waals surface area contributed by atoms with Crippen molar-refractivity contribution in [2.45, 2.75) is 23.6 Å². The van der Waals surface area contributed by atoms with Crippen LogP contribution in [0, 0.1) is 0 Å². The van der Waals surface area contributed by atoms with Crippen LogP contribution in [-0.2, 0) is 11.3 Å². The summed E-state index contributed by atoms with van der Waals surface area (Å²) >= 11 is 1.61. The lowest BCUT2D eigenvalue weighted by atomic mass is 10.2. The highest BCUT2D eigenvalue weighted by Crippen LogP contribution is 2.38. The number of hydrogen-bond acceptors (Lipinski definition) is 3. The zero-order valence-electron chi connectivity index (χ0n) is 8.86. The van der Waals surface area contributed by atoms with Gasteiger partial charge in [0.25, 0.3) is 0 Å². The molecule has 4 heteroatoms. The van der Waals surface area contributed by atoms with Crippen LogP contribution in [0.3, 0.4) is 0 Å². The molecule has 0 aliphatic carbocycles. The van der Waals surface area contributed by atoms with Gasteiger partial charge in [0.2, 0.25) is 5.91 Å². The number of fused-ring (bicyclic) bond motifs is 1. The minimum atomic E-state index is -0.00414. The first-order valence-electron chi connectivity index (χ1n) is 4.90. The number of nitrogens with two attached hydrogens (primary N) is 1. The Kier molecular flexibility index (Phi) is 2.71. The number of anilines is 1. The van der Waals surface area contributed by atoms with Gasteiger partial charge < -0.3 is 10.6 Å². The second-order valence-electron chi connectivity index (χ2n) is 3.66. The summed E-state index contributed by atoms with van der Waals surface area (Å²) in [5, 5.41) is -0.00414. The van der Waals surface area contributed by atoms with Crippen LogP contribution < -0.4 is 10.6 Å². The maximum atomic E-state index is 11.7. The van der Waals surface area contributed by atoms with Crippen molar-refractivity contribution in [1.29, 1.82) is 0 Å². The molecule has 1 aliphatic rings. The number of rotatable bonds is 1. The zero-order chi connectivity index (χ0) is 11.0. The molecule has 1 unspecified atom stereocenters. The molecule has 0 saturated heterocycles. The van der Waals surface area contributed by atoms with E-state index in [0.717, 1.165) is 16.1 Å². The van der Waals surface area contributed by atoms with E-state index in [9.17, 15) is 4.79 Å². The summed E-state index contributed by atoms with van der Waals surface area (Å²) in [6.45, 7) is 2.47. The molecule has 1 atom stereocenters. The van der Waals surface area contributed by atoms with Gasteiger partial charge in [-0.2, -0.15) is 0 Å². The molecule has 1 aliphatic heterocycles. The second-order valence-corrected chi connectivity index (χ2v) is 5.05. The van der Waals surface area contributed by atoms with Gasteiger partial charge in [0, 0.05) is 18.5 Å². The van der Waals surface area contributed by atoms with E-state index in [1.165, 1.54) is 0 Å². The molecule has 0 radical (unpaired) electrons. The molecule has 80 valence electrons. The van der Waals surface area contributed by atoms with Gasteiger partial charge in [-0.3, -0.25) is 4.79 Å². The lowest BCUT2D eigenvalue weighted by Crippen LogP contribution is -2.36. The van der Waals surface area contributed by atoms with Crippen molar-refractivity contribution in [3.63, 3.8) is 0 Å². The molecule has 3 nitrogen and oxygen atoms in total. The molecule has 0 bridgehead atoms. The fourth-order valence-electron chi connectivity index (χ4n) is 1.69. The zero-order valence-corrected chi connectivity index (χ0v) is 9.67. The molecular formula is C11H14N2OS. The topological polar surface area (TPSA) is 46.3 Å². The Morgan fingerprint density at radius 2 is 2.27 bits per heavy atom. The fraction of sp³-hybridized carbons (Fsp3) is 0.364. The number of carbonyl (C=O) groups is 1. The van der Waals surface area contributed by atoms with Crippen LogP contribution in [0.4, 0.5) is 5.69 Å². The first-order valence-corrected chi connectivity index (χ1v) is 5.78. The summed E-state index contributed by atoms with van der Waals surface area (Å²) in [6.07, 6.45) is 0. The number of thioether (sulfide) groups is 1. The number of hydrogen-bond donors (Lipinski definition) is 1. The van der Waals surface area contributed by atoms with Gasteiger partial charge in [-0.25, -0.2) is 0 Å². The molecule has 0 fully saturated rings. The third-order valence-electron chi connectivity index (χ3n) is 2.60. The molecule has 15 heavy (non-hydrogen) atoms. The molecule has 1 amide bonds. The van der Waals surface area contributed by atoms with Crippen LogP contribution >= 0.6 is 11.8 Å². The summed E-state index contributed by atoms with van der Waals surface area (Å²) in [6, 6.07) is 6.01. The van der Waals surface area contributed by atoms with Crippen LogP contribution in [0.15, 0.2) is 23.1 Å². The SMILES string of the molecule is CC1Sc2cc(CN)ccc2N(C)C1=O. The Morgan fingerprint density at radius 1 is 1.53 bits per heavy atom. The van der Waals surface area contributed by atoms with Gasteiger partial charge in [0.15, 0.2) is 0 Å². The molecule has 0 spiro atoms. The van der Waals surface area contributed by atoms with Crippen LogP contribution in [0.5, 0.6) is 0 Å². The van der Waals surface area contributed by atoms with Crippen LogP contribution in [0.2, 0.25) is 0 Å². The van der Waals surface area contributed by atoms with Crippen molar-refractivity contribution in [3.05, 3.63) is 23.8 Å². The van der Waals surface area contributed by atoms with Crippen LogP contribution in [0.1, 0.15) is 12.5 Å². The summed E-state index contributed by atoms with van der Waals surface area (Å²) < 4.78 is 0. The molecule has 2 N–H and O–H groups in total. The highest BCUT2D eigenvalue weighted by atomic mass is 32.2. The first kappa shape index (κ1) is 10.5. The quantitative estimate of drug-likeness (QED) is 0.785. The first-order chi connectivity index (χ1) is 7.13. The smallest absolute Gasteiger partial charge is 0.239 e. The number of nitrogens with zero attached hydrogens (tertiary/aromatic N) is 1. The summed E-state index contributed by atoms with van der Waals surface area (Å²) in [5.41, 5.74) is 7.68. The van der Waals surface area contributed by atoms with E-state index in [1.54, 1.807) is 16.7 Å². The molecule has 2 rings (SSSR count). The van der Waals surface area contributed by atoms with E-state index in [1.807, 2.05) is 26.1 Å². The maximum absolute atomic E-state index is 11.7. The Bertz CT molecular complexity index is 406. The predicted octanol–water partition coefficient (Wildman–Crippen LogP) is 1.60. The van der Waals surface area contributed by atoms with Gasteiger partial charge in [0.1, 0.15) is 0 Å². The molecular weight excluding hydrogens is 208 g/mol. The van der Waals surface area contributed by atoms with E-state index < -0.39 is 0 Å². The van der Waals surface area contributed by atoms with Gasteiger partial charge in [-0.05, 0) is 24.6 Å². The van der Waals surface area contributed by atoms with Gasteiger partial charge >= 0.3 is 0 Å². The third-order valence-corrected chi connectivity index (χ3v) is 3.74. The lowest BCUT2D eigenvalue weighted by Gasteiger charge is -2.29. The fourth-order valence-corrected chi connectivity index (χ4v) is 2.87. The number of carbonyl (C=O) groups excluding carboxylic acids is 1. The Labute approximate surface area is 93.6 Å². The minimum Gasteiger partial charge on any atom is -0.326 e. The van der Waals surface area contributed by atoms with Crippen molar-refractivity contribution < 1.29 is 4.79 Å². The van der Waals surface area contributed by atoms with Crippen molar-refractivity contribution in [3.8, 4) is 0 Å². The maximum Gasteiger partial charge on any atom is 0.239 e. The molecule has 0 saturated carbocycles. The van der Waals surface area contributed by atoms with Crippen LogP contribution in [0.25, 0.3) is 0 Å². The lowest BCUT2D eigenvalue weighted by molar-refractivity contribution is -0.117. The summed E-state index contributed by atoms with van der Waals surface area (Å²) in [7, 11) is 1.82. The van der Waals surface area contributed by atoms with Crippen molar-refractivity contribution in [2.24, 2.45) is 5.73 Å². The summed E-state index contributed by atoms with van der Waals surface area (Å²) in [4.78, 5) is 14.6. The molecule has 1 aromatic carbocycles. The van der Waals surface area contributed by atoms with Crippen molar-refractivity contribution in [1.82, 2.24) is 0 Å². The molecule has 0 aromatic heterocycles.